The number of pyridine rings is 1. The van der Waals surface area contributed by atoms with E-state index in [1.165, 1.54) is 0 Å². The lowest BCUT2D eigenvalue weighted by Gasteiger charge is -2.06. The van der Waals surface area contributed by atoms with Gasteiger partial charge in [-0.1, -0.05) is 17.3 Å². The highest BCUT2D eigenvalue weighted by Crippen LogP contribution is 2.09. The molecule has 7 heteroatoms. The Morgan fingerprint density at radius 2 is 2.17 bits per heavy atom. The fourth-order valence-corrected chi connectivity index (χ4v) is 2.06. The van der Waals surface area contributed by atoms with Crippen molar-refractivity contribution in [2.45, 2.75) is 13.5 Å². The molecule has 0 aliphatic carbocycles. The summed E-state index contributed by atoms with van der Waals surface area (Å²) in [4.78, 5) is 15.9. The largest absolute Gasteiger partial charge is 0.332 e. The van der Waals surface area contributed by atoms with Crippen LogP contribution in [0.4, 0.5) is 10.5 Å². The van der Waals surface area contributed by atoms with E-state index in [0.717, 1.165) is 16.9 Å². The maximum atomic E-state index is 11.9. The van der Waals surface area contributed by atoms with Gasteiger partial charge in [0.1, 0.15) is 5.69 Å². The van der Waals surface area contributed by atoms with Gasteiger partial charge in [-0.15, -0.1) is 5.10 Å². The highest BCUT2D eigenvalue weighted by Gasteiger charge is 2.06. The summed E-state index contributed by atoms with van der Waals surface area (Å²) in [6.07, 6.45) is 5.14. The number of benzene rings is 1. The van der Waals surface area contributed by atoms with E-state index in [2.05, 4.69) is 25.9 Å². The first-order valence-corrected chi connectivity index (χ1v) is 7.14. The number of hydrogen-bond acceptors (Lipinski definition) is 4. The number of carbonyl (C=O) groups excluding carboxylic acids is 1. The molecule has 0 radical (unpaired) electrons. The Morgan fingerprint density at radius 3 is 2.96 bits per heavy atom. The molecule has 0 bridgehead atoms. The average Bonchev–Trinajstić information content (AvgIpc) is 3.03. The molecule has 0 atom stereocenters. The van der Waals surface area contributed by atoms with Crippen molar-refractivity contribution in [1.82, 2.24) is 25.3 Å². The summed E-state index contributed by atoms with van der Waals surface area (Å²) < 4.78 is 1.61. The number of carbonyl (C=O) groups is 1. The van der Waals surface area contributed by atoms with Gasteiger partial charge in [-0.3, -0.25) is 4.98 Å². The molecule has 0 aliphatic heterocycles. The number of rotatable bonds is 4. The van der Waals surface area contributed by atoms with Gasteiger partial charge in [-0.05, 0) is 36.8 Å². The molecule has 0 spiro atoms. The highest BCUT2D eigenvalue weighted by atomic mass is 16.2. The Kier molecular flexibility index (Phi) is 4.28. The summed E-state index contributed by atoms with van der Waals surface area (Å²) in [5, 5.41) is 13.6. The molecule has 2 N–H and O–H groups in total. The normalized spacial score (nSPS) is 10.3. The van der Waals surface area contributed by atoms with Crippen LogP contribution in [0.15, 0.2) is 55.0 Å². The zero-order valence-corrected chi connectivity index (χ0v) is 12.6. The molecule has 2 heterocycles. The zero-order valence-electron chi connectivity index (χ0n) is 12.6. The standard InChI is InChI=1S/C16H16N6O/c1-12-4-2-5-13(8-12)19-16(23)18-9-14-11-22(21-20-14)15-6-3-7-17-10-15/h2-8,10-11H,9H2,1H3,(H2,18,19,23). The molecule has 0 aliphatic rings. The van der Waals surface area contributed by atoms with Crippen molar-refractivity contribution in [3.8, 4) is 5.69 Å². The molecule has 3 rings (SSSR count). The summed E-state index contributed by atoms with van der Waals surface area (Å²) in [6, 6.07) is 11.0. The van der Waals surface area contributed by atoms with Gasteiger partial charge in [0.2, 0.25) is 0 Å². The molecule has 116 valence electrons. The third-order valence-corrected chi connectivity index (χ3v) is 3.16. The minimum absolute atomic E-state index is 0.286. The van der Waals surface area contributed by atoms with Crippen LogP contribution < -0.4 is 10.6 Å². The Labute approximate surface area is 133 Å². The SMILES string of the molecule is Cc1cccc(NC(=O)NCc2cn(-c3cccnc3)nn2)c1. The van der Waals surface area contributed by atoms with Crippen LogP contribution in [-0.2, 0) is 6.54 Å². The summed E-state index contributed by atoms with van der Waals surface area (Å²) in [7, 11) is 0. The second-order valence-electron chi connectivity index (χ2n) is 5.04. The van der Waals surface area contributed by atoms with Gasteiger partial charge in [-0.2, -0.15) is 0 Å². The van der Waals surface area contributed by atoms with Crippen LogP contribution in [0.3, 0.4) is 0 Å². The summed E-state index contributed by atoms with van der Waals surface area (Å²) in [5.41, 5.74) is 3.31. The lowest BCUT2D eigenvalue weighted by molar-refractivity contribution is 0.251. The third-order valence-electron chi connectivity index (χ3n) is 3.16. The van der Waals surface area contributed by atoms with Crippen molar-refractivity contribution in [3.05, 3.63) is 66.2 Å². The number of nitrogens with zero attached hydrogens (tertiary/aromatic N) is 4. The number of urea groups is 1. The van der Waals surface area contributed by atoms with Crippen LogP contribution in [0, 0.1) is 6.92 Å². The third kappa shape index (κ3) is 3.91. The van der Waals surface area contributed by atoms with E-state index in [4.69, 9.17) is 0 Å². The van der Waals surface area contributed by atoms with Crippen LogP contribution in [0.5, 0.6) is 0 Å². The van der Waals surface area contributed by atoms with E-state index in [0.29, 0.717) is 5.69 Å². The number of nitrogens with one attached hydrogen (secondary N) is 2. The monoisotopic (exact) mass is 308 g/mol. The molecule has 1 aromatic carbocycles. The number of amides is 2. The van der Waals surface area contributed by atoms with Gasteiger partial charge in [0.15, 0.2) is 0 Å². The zero-order chi connectivity index (χ0) is 16.1. The van der Waals surface area contributed by atoms with E-state index in [1.54, 1.807) is 23.3 Å². The lowest BCUT2D eigenvalue weighted by atomic mass is 10.2. The van der Waals surface area contributed by atoms with E-state index in [9.17, 15) is 4.79 Å². The Balaban J connectivity index is 1.56. The first-order chi connectivity index (χ1) is 11.2. The van der Waals surface area contributed by atoms with Gasteiger partial charge >= 0.3 is 6.03 Å². The number of anilines is 1. The fourth-order valence-electron chi connectivity index (χ4n) is 2.06. The highest BCUT2D eigenvalue weighted by molar-refractivity contribution is 5.89. The predicted molar refractivity (Wildman–Crippen MR) is 86.2 cm³/mol. The van der Waals surface area contributed by atoms with Crippen molar-refractivity contribution >= 4 is 11.7 Å². The van der Waals surface area contributed by atoms with E-state index in [-0.39, 0.29) is 12.6 Å². The molecular formula is C16H16N6O. The van der Waals surface area contributed by atoms with Crippen molar-refractivity contribution in [3.63, 3.8) is 0 Å². The van der Waals surface area contributed by atoms with Crippen molar-refractivity contribution in [1.29, 1.82) is 0 Å². The topological polar surface area (TPSA) is 84.7 Å². The molecule has 2 aromatic heterocycles. The van der Waals surface area contributed by atoms with Crippen LogP contribution in [0.2, 0.25) is 0 Å². The van der Waals surface area contributed by atoms with Gasteiger partial charge < -0.3 is 10.6 Å². The second kappa shape index (κ2) is 6.69. The molecule has 2 amide bonds. The minimum Gasteiger partial charge on any atom is -0.332 e. The molecule has 0 unspecified atom stereocenters. The predicted octanol–water partition coefficient (Wildman–Crippen LogP) is 2.29. The minimum atomic E-state index is -0.286. The molecule has 7 nitrogen and oxygen atoms in total. The maximum absolute atomic E-state index is 11.9. The van der Waals surface area contributed by atoms with Crippen LogP contribution in [0.1, 0.15) is 11.3 Å². The van der Waals surface area contributed by atoms with Gasteiger partial charge in [0, 0.05) is 11.9 Å². The lowest BCUT2D eigenvalue weighted by Crippen LogP contribution is -2.28. The quantitative estimate of drug-likeness (QED) is 0.774. The summed E-state index contributed by atoms with van der Waals surface area (Å²) >= 11 is 0. The van der Waals surface area contributed by atoms with Gasteiger partial charge in [0.25, 0.3) is 0 Å². The van der Waals surface area contributed by atoms with Gasteiger partial charge in [-0.25, -0.2) is 9.48 Å². The first-order valence-electron chi connectivity index (χ1n) is 7.14. The number of hydrogen-bond donors (Lipinski definition) is 2. The van der Waals surface area contributed by atoms with Crippen molar-refractivity contribution in [2.75, 3.05) is 5.32 Å². The Hall–Kier alpha value is -3.22. The van der Waals surface area contributed by atoms with E-state index >= 15 is 0 Å². The molecule has 23 heavy (non-hydrogen) atoms. The molecule has 3 aromatic rings. The van der Waals surface area contributed by atoms with Crippen LogP contribution in [-0.4, -0.2) is 26.0 Å². The second-order valence-corrected chi connectivity index (χ2v) is 5.04. The van der Waals surface area contributed by atoms with Crippen LogP contribution >= 0.6 is 0 Å². The number of aryl methyl sites for hydroxylation is 1. The Morgan fingerprint density at radius 1 is 1.26 bits per heavy atom. The molecule has 0 saturated heterocycles. The average molecular weight is 308 g/mol. The summed E-state index contributed by atoms with van der Waals surface area (Å²) in [5.74, 6) is 0. The van der Waals surface area contributed by atoms with E-state index < -0.39 is 0 Å². The first kappa shape index (κ1) is 14.7. The molecule has 0 fully saturated rings. The molecule has 0 saturated carbocycles. The number of aromatic nitrogens is 4. The van der Waals surface area contributed by atoms with Gasteiger partial charge in [0.05, 0.1) is 24.6 Å². The molecular weight excluding hydrogens is 292 g/mol. The maximum Gasteiger partial charge on any atom is 0.319 e. The van der Waals surface area contributed by atoms with Crippen LogP contribution in [0.25, 0.3) is 5.69 Å². The smallest absolute Gasteiger partial charge is 0.319 e. The van der Waals surface area contributed by atoms with Crippen molar-refractivity contribution in [2.24, 2.45) is 0 Å². The van der Waals surface area contributed by atoms with Crippen molar-refractivity contribution < 1.29 is 4.79 Å². The summed E-state index contributed by atoms with van der Waals surface area (Å²) in [6.45, 7) is 2.26. The van der Waals surface area contributed by atoms with E-state index in [1.807, 2.05) is 43.3 Å². The Bertz CT molecular complexity index is 799. The fraction of sp³-hybridized carbons (Fsp3) is 0.125.